The second kappa shape index (κ2) is 4.63. The van der Waals surface area contributed by atoms with Crippen LogP contribution in [0.5, 0.6) is 0 Å². The molecule has 0 radical (unpaired) electrons. The van der Waals surface area contributed by atoms with Gasteiger partial charge in [-0.3, -0.25) is 4.18 Å². The van der Waals surface area contributed by atoms with Gasteiger partial charge in [0.15, 0.2) is 0 Å². The Morgan fingerprint density at radius 2 is 2.00 bits per heavy atom. The van der Waals surface area contributed by atoms with E-state index >= 15 is 0 Å². The normalized spacial score (nSPS) is 11.4. The van der Waals surface area contributed by atoms with Gasteiger partial charge in [0.05, 0.1) is 25.2 Å². The molecule has 0 aliphatic heterocycles. The maximum absolute atomic E-state index is 11.9. The van der Waals surface area contributed by atoms with Crippen molar-refractivity contribution in [2.75, 3.05) is 17.3 Å². The van der Waals surface area contributed by atoms with Crippen molar-refractivity contribution in [3.8, 4) is 0 Å². The fraction of sp³-hybridized carbons (Fsp3) is 0.111. The van der Waals surface area contributed by atoms with Gasteiger partial charge in [-0.15, -0.1) is 14.3 Å². The molecule has 0 bridgehead atoms. The van der Waals surface area contributed by atoms with Crippen molar-refractivity contribution in [2.24, 2.45) is 0 Å². The van der Waals surface area contributed by atoms with Gasteiger partial charge in [0.2, 0.25) is 0 Å². The minimum atomic E-state index is -4.00. The molecule has 2 aromatic rings. The molecule has 8 nitrogen and oxygen atoms in total. The number of rotatable bonds is 4. The molecular weight excluding hydrogens is 258 g/mol. The summed E-state index contributed by atoms with van der Waals surface area (Å²) >= 11 is 0. The predicted molar refractivity (Wildman–Crippen MR) is 64.7 cm³/mol. The Morgan fingerprint density at radius 3 is 2.50 bits per heavy atom. The third-order valence-electron chi connectivity index (χ3n) is 2.13. The van der Waals surface area contributed by atoms with Crippen molar-refractivity contribution in [1.82, 2.24) is 15.1 Å². The van der Waals surface area contributed by atoms with E-state index in [2.05, 4.69) is 14.5 Å². The Kier molecular flexibility index (Phi) is 3.17. The van der Waals surface area contributed by atoms with Crippen LogP contribution in [0.15, 0.2) is 36.7 Å². The lowest BCUT2D eigenvalue weighted by atomic mass is 10.3. The van der Waals surface area contributed by atoms with E-state index in [1.54, 1.807) is 12.1 Å². The molecule has 0 amide bonds. The van der Waals surface area contributed by atoms with Crippen molar-refractivity contribution in [3.05, 3.63) is 36.7 Å². The number of nitrogen functional groups attached to an aromatic ring is 1. The van der Waals surface area contributed by atoms with Crippen molar-refractivity contribution < 1.29 is 12.6 Å². The van der Waals surface area contributed by atoms with Crippen LogP contribution in [0.25, 0.3) is 0 Å². The topological polar surface area (TPSA) is 103 Å². The Balaban J connectivity index is 2.53. The third-order valence-corrected chi connectivity index (χ3v) is 3.36. The molecule has 2 N–H and O–H groups in total. The second-order valence-corrected chi connectivity index (χ2v) is 4.82. The van der Waals surface area contributed by atoms with Gasteiger partial charge in [-0.1, -0.05) is 0 Å². The molecule has 0 atom stereocenters. The Hall–Kier alpha value is -2.13. The first kappa shape index (κ1) is 12.3. The van der Waals surface area contributed by atoms with Crippen LogP contribution in [0, 0.1) is 0 Å². The summed E-state index contributed by atoms with van der Waals surface area (Å²) in [5.41, 5.74) is 6.40. The fourth-order valence-corrected chi connectivity index (χ4v) is 2.13. The molecule has 96 valence electrons. The van der Waals surface area contributed by atoms with Gasteiger partial charge in [-0.05, 0) is 29.5 Å². The summed E-state index contributed by atoms with van der Waals surface area (Å²) in [6.45, 7) is 0. The van der Waals surface area contributed by atoms with E-state index in [4.69, 9.17) is 5.73 Å². The van der Waals surface area contributed by atoms with Crippen LogP contribution in [-0.4, -0.2) is 30.6 Å². The molecule has 1 aromatic heterocycles. The first-order chi connectivity index (χ1) is 8.54. The minimum absolute atomic E-state index is 0.330. The van der Waals surface area contributed by atoms with Crippen LogP contribution in [0.4, 0.5) is 11.4 Å². The number of anilines is 2. The molecule has 1 aromatic carbocycles. The second-order valence-electron chi connectivity index (χ2n) is 3.28. The van der Waals surface area contributed by atoms with Crippen LogP contribution in [0.1, 0.15) is 0 Å². The quantitative estimate of drug-likeness (QED) is 0.785. The molecule has 0 fully saturated rings. The van der Waals surface area contributed by atoms with E-state index in [1.807, 2.05) is 0 Å². The van der Waals surface area contributed by atoms with Crippen LogP contribution in [0.3, 0.4) is 0 Å². The van der Waals surface area contributed by atoms with Gasteiger partial charge in [0, 0.05) is 5.69 Å². The van der Waals surface area contributed by atoms with Gasteiger partial charge in [-0.25, -0.2) is 0 Å². The monoisotopic (exact) mass is 269 g/mol. The van der Waals surface area contributed by atoms with Gasteiger partial charge in [0.1, 0.15) is 0 Å². The molecular formula is C9H11N5O3S. The Labute approximate surface area is 104 Å². The zero-order valence-corrected chi connectivity index (χ0v) is 10.3. The highest BCUT2D eigenvalue weighted by Gasteiger charge is 2.24. The number of hydrogen-bond donors (Lipinski definition) is 1. The lowest BCUT2D eigenvalue weighted by molar-refractivity contribution is 0.387. The molecule has 9 heteroatoms. The molecule has 0 saturated carbocycles. The number of benzene rings is 1. The summed E-state index contributed by atoms with van der Waals surface area (Å²) in [6, 6.07) is 6.22. The summed E-state index contributed by atoms with van der Waals surface area (Å²) in [4.78, 5) is 1.05. The SMILES string of the molecule is COS(=O)(=O)N(c1ccc(N)cc1)n1ccnn1. The molecule has 0 saturated heterocycles. The smallest absolute Gasteiger partial charge is 0.381 e. The molecule has 0 unspecified atom stereocenters. The standard InChI is InChI=1S/C9H11N5O3S/c1-17-18(15,16)14(13-7-6-11-12-13)9-4-2-8(10)3-5-9/h2-7H,10H2,1H3. The summed E-state index contributed by atoms with van der Waals surface area (Å²) in [6.07, 6.45) is 2.74. The number of nitrogens with two attached hydrogens (primary N) is 1. The van der Waals surface area contributed by atoms with Gasteiger partial charge in [0.25, 0.3) is 0 Å². The average Bonchev–Trinajstić information content (AvgIpc) is 2.85. The molecule has 0 spiro atoms. The van der Waals surface area contributed by atoms with E-state index in [1.165, 1.54) is 24.5 Å². The maximum atomic E-state index is 11.9. The lowest BCUT2D eigenvalue weighted by Gasteiger charge is -2.21. The van der Waals surface area contributed by atoms with Crippen LogP contribution >= 0.6 is 0 Å². The van der Waals surface area contributed by atoms with E-state index in [0.29, 0.717) is 11.4 Å². The summed E-state index contributed by atoms with van der Waals surface area (Å²) in [7, 11) is -2.93. The summed E-state index contributed by atoms with van der Waals surface area (Å²) in [5, 5.41) is 7.19. The van der Waals surface area contributed by atoms with Crippen LogP contribution in [0.2, 0.25) is 0 Å². The highest BCUT2D eigenvalue weighted by atomic mass is 32.2. The largest absolute Gasteiger partial charge is 0.399 e. The third kappa shape index (κ3) is 2.26. The fourth-order valence-electron chi connectivity index (χ4n) is 1.32. The average molecular weight is 269 g/mol. The summed E-state index contributed by atoms with van der Waals surface area (Å²) in [5.74, 6) is 0. The van der Waals surface area contributed by atoms with Crippen LogP contribution in [-0.2, 0) is 14.5 Å². The first-order valence-electron chi connectivity index (χ1n) is 4.87. The molecule has 1 heterocycles. The van der Waals surface area contributed by atoms with Crippen molar-refractivity contribution in [3.63, 3.8) is 0 Å². The minimum Gasteiger partial charge on any atom is -0.399 e. The van der Waals surface area contributed by atoms with E-state index in [0.717, 1.165) is 16.3 Å². The van der Waals surface area contributed by atoms with E-state index in [-0.39, 0.29) is 0 Å². The van der Waals surface area contributed by atoms with Crippen molar-refractivity contribution in [2.45, 2.75) is 0 Å². The number of aromatic nitrogens is 3. The first-order valence-corrected chi connectivity index (χ1v) is 6.24. The maximum Gasteiger partial charge on any atom is 0.381 e. The van der Waals surface area contributed by atoms with Crippen molar-refractivity contribution in [1.29, 1.82) is 0 Å². The Morgan fingerprint density at radius 1 is 1.33 bits per heavy atom. The molecule has 18 heavy (non-hydrogen) atoms. The Bertz CT molecular complexity index is 608. The number of nitrogens with zero attached hydrogens (tertiary/aromatic N) is 4. The summed E-state index contributed by atoms with van der Waals surface area (Å²) < 4.78 is 29.1. The van der Waals surface area contributed by atoms with Crippen LogP contribution < -0.4 is 10.1 Å². The predicted octanol–water partition coefficient (Wildman–Crippen LogP) is 0.0212. The van der Waals surface area contributed by atoms with Gasteiger partial charge >= 0.3 is 10.3 Å². The zero-order chi connectivity index (χ0) is 13.2. The molecule has 0 aliphatic carbocycles. The lowest BCUT2D eigenvalue weighted by Crippen LogP contribution is -2.37. The van der Waals surface area contributed by atoms with E-state index < -0.39 is 10.3 Å². The highest BCUT2D eigenvalue weighted by molar-refractivity contribution is 7.88. The van der Waals surface area contributed by atoms with Gasteiger partial charge < -0.3 is 5.73 Å². The molecule has 2 rings (SSSR count). The highest BCUT2D eigenvalue weighted by Crippen LogP contribution is 2.20. The zero-order valence-electron chi connectivity index (χ0n) is 9.46. The number of hydrogen-bond acceptors (Lipinski definition) is 6. The van der Waals surface area contributed by atoms with Gasteiger partial charge in [-0.2, -0.15) is 8.42 Å². The van der Waals surface area contributed by atoms with Crippen molar-refractivity contribution >= 4 is 21.7 Å². The van der Waals surface area contributed by atoms with E-state index in [9.17, 15) is 8.42 Å². The molecule has 0 aliphatic rings.